The molecule has 0 amide bonds. The van der Waals surface area contributed by atoms with Crippen molar-refractivity contribution in [3.8, 4) is 0 Å². The predicted octanol–water partition coefficient (Wildman–Crippen LogP) is 22.8. The predicted molar refractivity (Wildman–Crippen MR) is 321 cm³/mol. The van der Waals surface area contributed by atoms with E-state index < -0.39 is 6.10 Å². The van der Waals surface area contributed by atoms with E-state index in [1.165, 1.54) is 289 Å². The van der Waals surface area contributed by atoms with E-state index in [2.05, 4.69) is 32.9 Å². The molecule has 0 spiro atoms. The SMILES string of the molecule is CCCCCCCCCC/C=C\CCCCCCCCCCCCCCCCCC(=O)OCC(COC(=O)CCCCCCCCCC)OC(=O)CCCCCCCCCCCCCCCCCCCCCCC. The van der Waals surface area contributed by atoms with Crippen LogP contribution < -0.4 is 0 Å². The maximum absolute atomic E-state index is 12.9. The highest BCUT2D eigenvalue weighted by atomic mass is 16.6. The number of ether oxygens (including phenoxy) is 3. The fourth-order valence-electron chi connectivity index (χ4n) is 10.4. The molecule has 0 N–H and O–H groups in total. The van der Waals surface area contributed by atoms with Crippen molar-refractivity contribution in [3.05, 3.63) is 12.2 Å². The number of esters is 3. The molecule has 0 fully saturated rings. The molecule has 438 valence electrons. The Bertz CT molecular complexity index is 1150. The average Bonchev–Trinajstić information content (AvgIpc) is 3.40. The third-order valence-corrected chi connectivity index (χ3v) is 15.5. The molecule has 0 saturated carbocycles. The van der Waals surface area contributed by atoms with E-state index in [1.807, 2.05) is 0 Å². The lowest BCUT2D eigenvalue weighted by Crippen LogP contribution is -2.30. The molecule has 1 atom stereocenters. The van der Waals surface area contributed by atoms with Crippen LogP contribution in [-0.2, 0) is 28.6 Å². The standard InChI is InChI=1S/C68H130O6/c1-4-7-10-13-16-19-21-23-25-27-29-31-32-33-34-35-36-38-39-41-43-45-47-49-52-55-58-61-67(70)73-64-65(63-72-66(69)60-57-54-51-18-15-12-9-6-3)74-68(71)62-59-56-53-50-48-46-44-42-40-37-30-28-26-24-22-20-17-14-11-8-5-2/h27,29,65H,4-26,28,30-64H2,1-3H3/b29-27-. The summed E-state index contributed by atoms with van der Waals surface area (Å²) in [6, 6.07) is 0. The Morgan fingerprint density at radius 1 is 0.257 bits per heavy atom. The lowest BCUT2D eigenvalue weighted by Gasteiger charge is -2.18. The van der Waals surface area contributed by atoms with Crippen molar-refractivity contribution in [1.29, 1.82) is 0 Å². The summed E-state index contributed by atoms with van der Waals surface area (Å²) in [5.74, 6) is -0.837. The summed E-state index contributed by atoms with van der Waals surface area (Å²) in [5, 5.41) is 0. The van der Waals surface area contributed by atoms with Crippen LogP contribution in [0, 0.1) is 0 Å². The highest BCUT2D eigenvalue weighted by Gasteiger charge is 2.19. The maximum atomic E-state index is 12.9. The number of carbonyl (C=O) groups excluding carboxylic acids is 3. The monoisotopic (exact) mass is 1040 g/mol. The number of unbranched alkanes of at least 4 members (excludes halogenated alkanes) is 50. The normalized spacial score (nSPS) is 12.0. The van der Waals surface area contributed by atoms with Gasteiger partial charge in [-0.3, -0.25) is 14.4 Å². The third kappa shape index (κ3) is 61.0. The second kappa shape index (κ2) is 63.7. The molecule has 0 radical (unpaired) electrons. The van der Waals surface area contributed by atoms with E-state index in [9.17, 15) is 14.4 Å². The lowest BCUT2D eigenvalue weighted by atomic mass is 10.0. The quantitative estimate of drug-likeness (QED) is 0.0261. The molecule has 0 heterocycles. The van der Waals surface area contributed by atoms with Crippen molar-refractivity contribution in [2.75, 3.05) is 13.2 Å². The van der Waals surface area contributed by atoms with Crippen LogP contribution >= 0.6 is 0 Å². The second-order valence-corrected chi connectivity index (χ2v) is 23.1. The van der Waals surface area contributed by atoms with Gasteiger partial charge in [0.05, 0.1) is 0 Å². The Balaban J connectivity index is 4.06. The van der Waals surface area contributed by atoms with E-state index in [4.69, 9.17) is 14.2 Å². The van der Waals surface area contributed by atoms with Crippen molar-refractivity contribution in [3.63, 3.8) is 0 Å². The third-order valence-electron chi connectivity index (χ3n) is 15.5. The molecule has 0 aromatic rings. The summed E-state index contributed by atoms with van der Waals surface area (Å²) < 4.78 is 16.9. The van der Waals surface area contributed by atoms with Gasteiger partial charge in [-0.25, -0.2) is 0 Å². The molecule has 1 unspecified atom stereocenters. The van der Waals surface area contributed by atoms with E-state index in [0.29, 0.717) is 19.3 Å². The first-order valence-electron chi connectivity index (χ1n) is 33.7. The Labute approximate surface area is 462 Å². The highest BCUT2D eigenvalue weighted by Crippen LogP contribution is 2.19. The minimum absolute atomic E-state index is 0.0632. The van der Waals surface area contributed by atoms with Gasteiger partial charge in [0, 0.05) is 19.3 Å². The van der Waals surface area contributed by atoms with Gasteiger partial charge in [0.15, 0.2) is 6.10 Å². The minimum Gasteiger partial charge on any atom is -0.462 e. The summed E-state index contributed by atoms with van der Waals surface area (Å²) in [6.45, 7) is 6.69. The van der Waals surface area contributed by atoms with E-state index in [0.717, 1.165) is 57.8 Å². The van der Waals surface area contributed by atoms with Crippen molar-refractivity contribution in [2.24, 2.45) is 0 Å². The summed E-state index contributed by atoms with van der Waals surface area (Å²) in [4.78, 5) is 38.2. The van der Waals surface area contributed by atoms with Gasteiger partial charge in [-0.1, -0.05) is 335 Å². The zero-order valence-electron chi connectivity index (χ0n) is 50.4. The molecule has 0 bridgehead atoms. The van der Waals surface area contributed by atoms with Crippen LogP contribution in [0.4, 0.5) is 0 Å². The van der Waals surface area contributed by atoms with Crippen molar-refractivity contribution in [2.45, 2.75) is 393 Å². The molecular weight excluding hydrogens is 913 g/mol. The Kier molecular flexibility index (Phi) is 62.1. The molecule has 6 heteroatoms. The van der Waals surface area contributed by atoms with Crippen LogP contribution in [0.25, 0.3) is 0 Å². The Morgan fingerprint density at radius 3 is 0.676 bits per heavy atom. The van der Waals surface area contributed by atoms with E-state index in [-0.39, 0.29) is 31.1 Å². The average molecular weight is 1040 g/mol. The molecule has 0 aliphatic carbocycles. The number of hydrogen-bond donors (Lipinski definition) is 0. The summed E-state index contributed by atoms with van der Waals surface area (Å²) in [6.07, 6.45) is 75.4. The zero-order chi connectivity index (χ0) is 53.6. The molecule has 0 saturated heterocycles. The van der Waals surface area contributed by atoms with Crippen LogP contribution in [-0.4, -0.2) is 37.2 Å². The molecule has 0 rings (SSSR count). The van der Waals surface area contributed by atoms with Crippen LogP contribution in [0.2, 0.25) is 0 Å². The summed E-state index contributed by atoms with van der Waals surface area (Å²) >= 11 is 0. The number of hydrogen-bond acceptors (Lipinski definition) is 6. The van der Waals surface area contributed by atoms with E-state index in [1.54, 1.807) is 0 Å². The van der Waals surface area contributed by atoms with Gasteiger partial charge in [-0.15, -0.1) is 0 Å². The summed E-state index contributed by atoms with van der Waals surface area (Å²) in [7, 11) is 0. The van der Waals surface area contributed by atoms with Crippen LogP contribution in [0.3, 0.4) is 0 Å². The van der Waals surface area contributed by atoms with Gasteiger partial charge in [0.1, 0.15) is 13.2 Å². The largest absolute Gasteiger partial charge is 0.462 e. The van der Waals surface area contributed by atoms with Gasteiger partial charge in [0.2, 0.25) is 0 Å². The molecule has 0 aliphatic rings. The number of allylic oxidation sites excluding steroid dienone is 2. The smallest absolute Gasteiger partial charge is 0.306 e. The number of carbonyl (C=O) groups is 3. The van der Waals surface area contributed by atoms with Crippen LogP contribution in [0.1, 0.15) is 387 Å². The van der Waals surface area contributed by atoms with Gasteiger partial charge < -0.3 is 14.2 Å². The van der Waals surface area contributed by atoms with Crippen molar-refractivity contribution >= 4 is 17.9 Å². The first-order valence-corrected chi connectivity index (χ1v) is 33.7. The molecule has 6 nitrogen and oxygen atoms in total. The van der Waals surface area contributed by atoms with Gasteiger partial charge >= 0.3 is 17.9 Å². The number of rotatable bonds is 63. The first kappa shape index (κ1) is 72.2. The highest BCUT2D eigenvalue weighted by molar-refractivity contribution is 5.71. The fourth-order valence-corrected chi connectivity index (χ4v) is 10.4. The van der Waals surface area contributed by atoms with Crippen LogP contribution in [0.5, 0.6) is 0 Å². The van der Waals surface area contributed by atoms with Gasteiger partial charge in [-0.05, 0) is 44.9 Å². The second-order valence-electron chi connectivity index (χ2n) is 23.1. The molecule has 0 aliphatic heterocycles. The van der Waals surface area contributed by atoms with Crippen molar-refractivity contribution in [1.82, 2.24) is 0 Å². The van der Waals surface area contributed by atoms with Gasteiger partial charge in [-0.2, -0.15) is 0 Å². The van der Waals surface area contributed by atoms with Gasteiger partial charge in [0.25, 0.3) is 0 Å². The van der Waals surface area contributed by atoms with Crippen molar-refractivity contribution < 1.29 is 28.6 Å². The molecule has 0 aromatic heterocycles. The zero-order valence-corrected chi connectivity index (χ0v) is 50.4. The summed E-state index contributed by atoms with van der Waals surface area (Å²) in [5.41, 5.74) is 0. The Morgan fingerprint density at radius 2 is 0.446 bits per heavy atom. The van der Waals surface area contributed by atoms with E-state index >= 15 is 0 Å². The lowest BCUT2D eigenvalue weighted by molar-refractivity contribution is -0.167. The molecule has 74 heavy (non-hydrogen) atoms. The molecule has 0 aromatic carbocycles. The van der Waals surface area contributed by atoms with Crippen LogP contribution in [0.15, 0.2) is 12.2 Å². The Hall–Kier alpha value is -1.85. The fraction of sp³-hybridized carbons (Fsp3) is 0.926. The topological polar surface area (TPSA) is 78.9 Å². The first-order chi connectivity index (χ1) is 36.5. The maximum Gasteiger partial charge on any atom is 0.306 e. The molecular formula is C68H130O6. The minimum atomic E-state index is -0.763.